The summed E-state index contributed by atoms with van der Waals surface area (Å²) in [5.74, 6) is -0.968. The zero-order valence-electron chi connectivity index (χ0n) is 13.0. The van der Waals surface area contributed by atoms with Crippen molar-refractivity contribution in [2.75, 3.05) is 4.90 Å². The summed E-state index contributed by atoms with van der Waals surface area (Å²) in [4.78, 5) is 26.8. The molecule has 0 atom stereocenters. The van der Waals surface area contributed by atoms with Crippen LogP contribution in [0.15, 0.2) is 66.7 Å². The van der Waals surface area contributed by atoms with Crippen LogP contribution < -0.4 is 4.90 Å². The second-order valence-electron chi connectivity index (χ2n) is 5.71. The van der Waals surface area contributed by atoms with Crippen molar-refractivity contribution >= 4 is 17.5 Å². The molecule has 0 saturated carbocycles. The second kappa shape index (κ2) is 5.49. The van der Waals surface area contributed by atoms with Gasteiger partial charge in [-0.05, 0) is 42.0 Å². The fourth-order valence-electron chi connectivity index (χ4n) is 3.05. The molecule has 0 aliphatic carbocycles. The highest BCUT2D eigenvalue weighted by atomic mass is 16.3. The standard InChI is InChI=1S/C20H13NO4/c22-14-8-6-13(7-9-14)21-19(24)15-10-11-16(23)17(18(15)20(21)25)12-4-2-1-3-5-12/h1-11,22-23H. The first-order valence-corrected chi connectivity index (χ1v) is 7.67. The number of carbonyl (C=O) groups excluding carboxylic acids is 2. The van der Waals surface area contributed by atoms with Gasteiger partial charge in [0.2, 0.25) is 0 Å². The van der Waals surface area contributed by atoms with Crippen molar-refractivity contribution in [3.05, 3.63) is 77.9 Å². The van der Waals surface area contributed by atoms with Gasteiger partial charge in [0, 0.05) is 5.56 Å². The molecule has 3 aromatic rings. The van der Waals surface area contributed by atoms with Crippen molar-refractivity contribution in [3.63, 3.8) is 0 Å². The molecule has 25 heavy (non-hydrogen) atoms. The molecule has 0 bridgehead atoms. The molecule has 5 nitrogen and oxygen atoms in total. The third-order valence-corrected chi connectivity index (χ3v) is 4.20. The number of fused-ring (bicyclic) bond motifs is 1. The molecular weight excluding hydrogens is 318 g/mol. The molecule has 0 fully saturated rings. The molecule has 0 spiro atoms. The SMILES string of the molecule is O=C1c2ccc(O)c(-c3ccccc3)c2C(=O)N1c1ccc(O)cc1. The first kappa shape index (κ1) is 15.0. The van der Waals surface area contributed by atoms with Gasteiger partial charge in [0.1, 0.15) is 11.5 Å². The lowest BCUT2D eigenvalue weighted by Crippen LogP contribution is -2.29. The Balaban J connectivity index is 1.91. The van der Waals surface area contributed by atoms with Crippen LogP contribution in [-0.4, -0.2) is 22.0 Å². The van der Waals surface area contributed by atoms with Crippen LogP contribution in [0.5, 0.6) is 11.5 Å². The number of phenols is 2. The normalized spacial score (nSPS) is 13.2. The predicted octanol–water partition coefficient (Wildman–Crippen LogP) is 3.57. The van der Waals surface area contributed by atoms with E-state index in [4.69, 9.17) is 0 Å². The van der Waals surface area contributed by atoms with Gasteiger partial charge < -0.3 is 10.2 Å². The van der Waals surface area contributed by atoms with Gasteiger partial charge >= 0.3 is 0 Å². The van der Waals surface area contributed by atoms with E-state index in [1.54, 1.807) is 24.3 Å². The number of anilines is 1. The Kier molecular flexibility index (Phi) is 3.28. The van der Waals surface area contributed by atoms with Crippen molar-refractivity contribution in [1.29, 1.82) is 0 Å². The van der Waals surface area contributed by atoms with Gasteiger partial charge in [0.25, 0.3) is 11.8 Å². The van der Waals surface area contributed by atoms with Gasteiger partial charge in [-0.15, -0.1) is 0 Å². The molecular formula is C20H13NO4. The summed E-state index contributed by atoms with van der Waals surface area (Å²) in [5, 5.41) is 19.7. The van der Waals surface area contributed by atoms with E-state index in [0.717, 1.165) is 4.90 Å². The lowest BCUT2D eigenvalue weighted by molar-refractivity contribution is 0.0926. The van der Waals surface area contributed by atoms with Crippen molar-refractivity contribution in [2.24, 2.45) is 0 Å². The third-order valence-electron chi connectivity index (χ3n) is 4.20. The van der Waals surface area contributed by atoms with Crippen LogP contribution in [0.1, 0.15) is 20.7 Å². The molecule has 1 heterocycles. The van der Waals surface area contributed by atoms with E-state index in [1.807, 2.05) is 6.07 Å². The van der Waals surface area contributed by atoms with E-state index < -0.39 is 11.8 Å². The number of carbonyl (C=O) groups is 2. The lowest BCUT2D eigenvalue weighted by Gasteiger charge is -2.14. The molecule has 1 aliphatic heterocycles. The Hall–Kier alpha value is -3.60. The van der Waals surface area contributed by atoms with E-state index >= 15 is 0 Å². The lowest BCUT2D eigenvalue weighted by atomic mass is 9.95. The number of benzene rings is 3. The van der Waals surface area contributed by atoms with E-state index in [9.17, 15) is 19.8 Å². The molecule has 2 N–H and O–H groups in total. The maximum absolute atomic E-state index is 13.0. The Morgan fingerprint density at radius 1 is 0.680 bits per heavy atom. The average Bonchev–Trinajstić information content (AvgIpc) is 2.87. The van der Waals surface area contributed by atoms with Gasteiger partial charge in [-0.2, -0.15) is 0 Å². The van der Waals surface area contributed by atoms with E-state index in [-0.39, 0.29) is 22.6 Å². The summed E-state index contributed by atoms with van der Waals surface area (Å²) >= 11 is 0. The zero-order valence-corrected chi connectivity index (χ0v) is 13.0. The van der Waals surface area contributed by atoms with Gasteiger partial charge in [-0.25, -0.2) is 4.90 Å². The van der Waals surface area contributed by atoms with Crippen LogP contribution in [0.4, 0.5) is 5.69 Å². The Labute approximate surface area is 143 Å². The minimum Gasteiger partial charge on any atom is -0.508 e. The highest BCUT2D eigenvalue weighted by Crippen LogP contribution is 2.40. The molecule has 3 aromatic carbocycles. The number of nitrogens with zero attached hydrogens (tertiary/aromatic N) is 1. The number of aromatic hydroxyl groups is 2. The van der Waals surface area contributed by atoms with Gasteiger partial charge in [0.15, 0.2) is 0 Å². The van der Waals surface area contributed by atoms with Crippen molar-refractivity contribution in [2.45, 2.75) is 0 Å². The predicted molar refractivity (Wildman–Crippen MR) is 92.8 cm³/mol. The molecule has 2 amide bonds. The number of rotatable bonds is 2. The van der Waals surface area contributed by atoms with Crippen LogP contribution in [0.25, 0.3) is 11.1 Å². The molecule has 4 rings (SSSR count). The summed E-state index contributed by atoms with van der Waals surface area (Å²) < 4.78 is 0. The molecule has 5 heteroatoms. The molecule has 122 valence electrons. The monoisotopic (exact) mass is 331 g/mol. The Morgan fingerprint density at radius 3 is 2.04 bits per heavy atom. The number of hydrogen-bond acceptors (Lipinski definition) is 4. The van der Waals surface area contributed by atoms with Gasteiger partial charge in [-0.3, -0.25) is 9.59 Å². The van der Waals surface area contributed by atoms with Gasteiger partial charge in [0.05, 0.1) is 16.8 Å². The smallest absolute Gasteiger partial charge is 0.266 e. The minimum absolute atomic E-state index is 0.0444. The largest absolute Gasteiger partial charge is 0.508 e. The number of amides is 2. The first-order valence-electron chi connectivity index (χ1n) is 7.67. The summed E-state index contributed by atoms with van der Waals surface area (Å²) in [6.07, 6.45) is 0. The molecule has 0 saturated heterocycles. The van der Waals surface area contributed by atoms with E-state index in [0.29, 0.717) is 16.8 Å². The topological polar surface area (TPSA) is 77.8 Å². The molecule has 0 unspecified atom stereocenters. The highest BCUT2D eigenvalue weighted by molar-refractivity contribution is 6.36. The number of imide groups is 1. The quantitative estimate of drug-likeness (QED) is 0.704. The van der Waals surface area contributed by atoms with Crippen molar-refractivity contribution in [1.82, 2.24) is 0 Å². The van der Waals surface area contributed by atoms with Crippen molar-refractivity contribution < 1.29 is 19.8 Å². The summed E-state index contributed by atoms with van der Waals surface area (Å²) in [6, 6.07) is 17.7. The van der Waals surface area contributed by atoms with Crippen LogP contribution in [0, 0.1) is 0 Å². The number of hydrogen-bond donors (Lipinski definition) is 2. The van der Waals surface area contributed by atoms with Crippen LogP contribution in [-0.2, 0) is 0 Å². The van der Waals surface area contributed by atoms with E-state index in [2.05, 4.69) is 0 Å². The average molecular weight is 331 g/mol. The van der Waals surface area contributed by atoms with Crippen molar-refractivity contribution in [3.8, 4) is 22.6 Å². The third kappa shape index (κ3) is 2.25. The Morgan fingerprint density at radius 2 is 1.36 bits per heavy atom. The van der Waals surface area contributed by atoms with E-state index in [1.165, 1.54) is 36.4 Å². The molecule has 0 aromatic heterocycles. The van der Waals surface area contributed by atoms with Gasteiger partial charge in [-0.1, -0.05) is 30.3 Å². The molecule has 1 aliphatic rings. The fourth-order valence-corrected chi connectivity index (χ4v) is 3.05. The first-order chi connectivity index (χ1) is 12.1. The number of phenolic OH excluding ortho intramolecular Hbond substituents is 2. The zero-order chi connectivity index (χ0) is 17.6. The summed E-state index contributed by atoms with van der Waals surface area (Å²) in [6.45, 7) is 0. The highest BCUT2D eigenvalue weighted by Gasteiger charge is 2.39. The van der Waals surface area contributed by atoms with Crippen LogP contribution in [0.3, 0.4) is 0 Å². The minimum atomic E-state index is -0.500. The maximum atomic E-state index is 13.0. The fraction of sp³-hybridized carbons (Fsp3) is 0. The Bertz CT molecular complexity index is 994. The second-order valence-corrected chi connectivity index (χ2v) is 5.71. The van der Waals surface area contributed by atoms with Crippen LogP contribution >= 0.6 is 0 Å². The summed E-state index contributed by atoms with van der Waals surface area (Å²) in [7, 11) is 0. The maximum Gasteiger partial charge on any atom is 0.266 e. The molecule has 0 radical (unpaired) electrons. The summed E-state index contributed by atoms with van der Waals surface area (Å²) in [5.41, 5.74) is 1.80. The van der Waals surface area contributed by atoms with Crippen LogP contribution in [0.2, 0.25) is 0 Å².